The Hall–Kier alpha value is -2.01. The second kappa shape index (κ2) is 9.33. The lowest BCUT2D eigenvalue weighted by molar-refractivity contribution is 0.804. The molecule has 0 atom stereocenters. The largest absolute Gasteiger partial charge is 0.378 e. The van der Waals surface area contributed by atoms with E-state index in [0.717, 1.165) is 25.5 Å². The van der Waals surface area contributed by atoms with Gasteiger partial charge in [0.05, 0.1) is 6.54 Å². The molecule has 0 aliphatic heterocycles. The van der Waals surface area contributed by atoms with Crippen molar-refractivity contribution in [2.24, 2.45) is 4.99 Å². The molecule has 0 aliphatic carbocycles. The summed E-state index contributed by atoms with van der Waals surface area (Å²) in [4.78, 5) is 8.24. The highest BCUT2D eigenvalue weighted by Gasteiger charge is 2.03. The Labute approximate surface area is 149 Å². The van der Waals surface area contributed by atoms with Crippen LogP contribution in [0.2, 0.25) is 0 Å². The van der Waals surface area contributed by atoms with Gasteiger partial charge in [-0.15, -0.1) is 11.3 Å². The van der Waals surface area contributed by atoms with Gasteiger partial charge < -0.3 is 15.5 Å². The summed E-state index contributed by atoms with van der Waals surface area (Å²) in [5.74, 6) is 0.880. The van der Waals surface area contributed by atoms with Gasteiger partial charge in [0.1, 0.15) is 0 Å². The normalized spacial score (nSPS) is 11.4. The van der Waals surface area contributed by atoms with Crippen LogP contribution < -0.4 is 15.5 Å². The molecule has 0 saturated heterocycles. The highest BCUT2D eigenvalue weighted by atomic mass is 32.1. The molecule has 2 rings (SSSR count). The zero-order valence-electron chi connectivity index (χ0n) is 15.1. The molecular weight excluding hydrogens is 316 g/mol. The molecule has 1 aromatic carbocycles. The third-order valence-electron chi connectivity index (χ3n) is 3.84. The first-order valence-corrected chi connectivity index (χ1v) is 9.29. The quantitative estimate of drug-likeness (QED) is 0.597. The monoisotopic (exact) mass is 344 g/mol. The summed E-state index contributed by atoms with van der Waals surface area (Å²) in [7, 11) is 4.13. The maximum atomic E-state index is 4.72. The number of benzene rings is 1. The van der Waals surface area contributed by atoms with Crippen LogP contribution in [0.1, 0.15) is 22.9 Å². The highest BCUT2D eigenvalue weighted by molar-refractivity contribution is 7.09. The van der Waals surface area contributed by atoms with Gasteiger partial charge in [-0.3, -0.25) is 0 Å². The van der Waals surface area contributed by atoms with Crippen LogP contribution in [0.5, 0.6) is 0 Å². The minimum absolute atomic E-state index is 0.688. The van der Waals surface area contributed by atoms with Crippen LogP contribution in [-0.2, 0) is 13.0 Å². The minimum Gasteiger partial charge on any atom is -0.378 e. The van der Waals surface area contributed by atoms with E-state index in [-0.39, 0.29) is 0 Å². The first-order valence-electron chi connectivity index (χ1n) is 8.41. The topological polar surface area (TPSA) is 39.7 Å². The van der Waals surface area contributed by atoms with E-state index >= 15 is 0 Å². The number of hydrogen-bond acceptors (Lipinski definition) is 3. The summed E-state index contributed by atoms with van der Waals surface area (Å²) in [6, 6.07) is 10.8. The van der Waals surface area contributed by atoms with Crippen molar-refractivity contribution in [1.29, 1.82) is 0 Å². The van der Waals surface area contributed by atoms with Gasteiger partial charge in [-0.1, -0.05) is 12.1 Å². The SMILES string of the molecule is CCNC(=NCc1ccc(N(C)C)cc1C)NCCc1cccs1. The molecule has 0 radical (unpaired) electrons. The summed E-state index contributed by atoms with van der Waals surface area (Å²) in [5.41, 5.74) is 3.76. The van der Waals surface area contributed by atoms with Crippen molar-refractivity contribution in [3.8, 4) is 0 Å². The summed E-state index contributed by atoms with van der Waals surface area (Å²) in [6.45, 7) is 6.69. The van der Waals surface area contributed by atoms with Crippen molar-refractivity contribution in [3.63, 3.8) is 0 Å². The van der Waals surface area contributed by atoms with Crippen molar-refractivity contribution >= 4 is 23.0 Å². The fourth-order valence-electron chi connectivity index (χ4n) is 2.40. The first kappa shape index (κ1) is 18.3. The number of guanidine groups is 1. The van der Waals surface area contributed by atoms with Crippen LogP contribution in [0, 0.1) is 6.92 Å². The van der Waals surface area contributed by atoms with E-state index in [9.17, 15) is 0 Å². The maximum absolute atomic E-state index is 4.72. The van der Waals surface area contributed by atoms with Gasteiger partial charge in [0.15, 0.2) is 5.96 Å². The van der Waals surface area contributed by atoms with Crippen LogP contribution in [-0.4, -0.2) is 33.1 Å². The van der Waals surface area contributed by atoms with Crippen LogP contribution in [0.4, 0.5) is 5.69 Å². The number of nitrogens with one attached hydrogen (secondary N) is 2. The third kappa shape index (κ3) is 5.57. The van der Waals surface area contributed by atoms with Crippen LogP contribution in [0.15, 0.2) is 40.7 Å². The second-order valence-electron chi connectivity index (χ2n) is 5.96. The van der Waals surface area contributed by atoms with Crippen LogP contribution in [0.25, 0.3) is 0 Å². The Bertz CT molecular complexity index is 647. The molecule has 0 saturated carbocycles. The molecular formula is C19H28N4S. The average molecular weight is 345 g/mol. The number of rotatable bonds is 7. The molecule has 130 valence electrons. The molecule has 4 nitrogen and oxygen atoms in total. The zero-order valence-corrected chi connectivity index (χ0v) is 15.9. The van der Waals surface area contributed by atoms with Gasteiger partial charge in [0.25, 0.3) is 0 Å². The van der Waals surface area contributed by atoms with Gasteiger partial charge in [-0.05, 0) is 55.0 Å². The van der Waals surface area contributed by atoms with Crippen molar-refractivity contribution in [1.82, 2.24) is 10.6 Å². The van der Waals surface area contributed by atoms with E-state index in [1.165, 1.54) is 21.7 Å². The predicted molar refractivity (Wildman–Crippen MR) is 106 cm³/mol. The van der Waals surface area contributed by atoms with Crippen molar-refractivity contribution in [3.05, 3.63) is 51.7 Å². The second-order valence-corrected chi connectivity index (χ2v) is 6.99. The van der Waals surface area contributed by atoms with Crippen molar-refractivity contribution < 1.29 is 0 Å². The molecule has 0 spiro atoms. The summed E-state index contributed by atoms with van der Waals surface area (Å²) in [5, 5.41) is 8.85. The molecule has 2 N–H and O–H groups in total. The molecule has 0 bridgehead atoms. The fraction of sp³-hybridized carbons (Fsp3) is 0.421. The molecule has 2 aromatic rings. The Morgan fingerprint density at radius 3 is 2.67 bits per heavy atom. The Kier molecular flexibility index (Phi) is 7.12. The number of aliphatic imine (C=N–C) groups is 1. The molecule has 0 amide bonds. The van der Waals surface area contributed by atoms with E-state index in [1.807, 2.05) is 0 Å². The number of aryl methyl sites for hydroxylation is 1. The lowest BCUT2D eigenvalue weighted by Crippen LogP contribution is -2.38. The van der Waals surface area contributed by atoms with Gasteiger partial charge in [-0.2, -0.15) is 0 Å². The Balaban J connectivity index is 1.94. The lowest BCUT2D eigenvalue weighted by Gasteiger charge is -2.15. The van der Waals surface area contributed by atoms with Gasteiger partial charge >= 0.3 is 0 Å². The summed E-state index contributed by atoms with van der Waals surface area (Å²) in [6.07, 6.45) is 1.03. The molecule has 0 unspecified atom stereocenters. The Morgan fingerprint density at radius 1 is 1.21 bits per heavy atom. The molecule has 1 aromatic heterocycles. The van der Waals surface area contributed by atoms with Gasteiger partial charge in [0, 0.05) is 37.7 Å². The van der Waals surface area contributed by atoms with Crippen molar-refractivity contribution in [2.45, 2.75) is 26.8 Å². The number of thiophene rings is 1. The maximum Gasteiger partial charge on any atom is 0.191 e. The number of nitrogens with zero attached hydrogens (tertiary/aromatic N) is 2. The highest BCUT2D eigenvalue weighted by Crippen LogP contribution is 2.18. The molecule has 0 fully saturated rings. The molecule has 0 aliphatic rings. The summed E-state index contributed by atoms with van der Waals surface area (Å²) < 4.78 is 0. The third-order valence-corrected chi connectivity index (χ3v) is 4.77. The molecule has 5 heteroatoms. The lowest BCUT2D eigenvalue weighted by atomic mass is 10.1. The summed E-state index contributed by atoms with van der Waals surface area (Å²) >= 11 is 1.80. The van der Waals surface area contributed by atoms with Crippen molar-refractivity contribution in [2.75, 3.05) is 32.1 Å². The molecule has 24 heavy (non-hydrogen) atoms. The average Bonchev–Trinajstić information content (AvgIpc) is 3.06. The number of anilines is 1. The van der Waals surface area contributed by atoms with E-state index in [2.05, 4.69) is 79.2 Å². The van der Waals surface area contributed by atoms with Crippen LogP contribution >= 0.6 is 11.3 Å². The van der Waals surface area contributed by atoms with E-state index in [1.54, 1.807) is 11.3 Å². The fourth-order valence-corrected chi connectivity index (χ4v) is 3.11. The standard InChI is InChI=1S/C19H28N4S/c1-5-20-19(21-11-10-18-7-6-12-24-18)22-14-16-8-9-17(23(3)4)13-15(16)2/h6-9,12-13H,5,10-11,14H2,1-4H3,(H2,20,21,22). The van der Waals surface area contributed by atoms with E-state index in [0.29, 0.717) is 6.54 Å². The minimum atomic E-state index is 0.688. The van der Waals surface area contributed by atoms with E-state index in [4.69, 9.17) is 4.99 Å². The van der Waals surface area contributed by atoms with Gasteiger partial charge in [0.2, 0.25) is 0 Å². The first-order chi connectivity index (χ1) is 11.6. The smallest absolute Gasteiger partial charge is 0.191 e. The molecule has 1 heterocycles. The zero-order chi connectivity index (χ0) is 17.4. The number of hydrogen-bond donors (Lipinski definition) is 2. The van der Waals surface area contributed by atoms with E-state index < -0.39 is 0 Å². The predicted octanol–water partition coefficient (Wildman–Crippen LogP) is 3.42. The Morgan fingerprint density at radius 2 is 2.04 bits per heavy atom. The van der Waals surface area contributed by atoms with Gasteiger partial charge in [-0.25, -0.2) is 4.99 Å². The van der Waals surface area contributed by atoms with Crippen LogP contribution in [0.3, 0.4) is 0 Å².